The highest BCUT2D eigenvalue weighted by molar-refractivity contribution is 5.69. The van der Waals surface area contributed by atoms with E-state index in [0.29, 0.717) is 0 Å². The van der Waals surface area contributed by atoms with Crippen LogP contribution in [0.5, 0.6) is 5.75 Å². The van der Waals surface area contributed by atoms with Crippen LogP contribution < -0.4 is 10.5 Å². The Bertz CT molecular complexity index is 392. The first-order valence-electron chi connectivity index (χ1n) is 4.89. The highest BCUT2D eigenvalue weighted by Gasteiger charge is 2.37. The third kappa shape index (κ3) is 3.47. The minimum absolute atomic E-state index is 0.153. The Kier molecular flexibility index (Phi) is 4.14. The van der Waals surface area contributed by atoms with E-state index in [9.17, 15) is 13.6 Å². The summed E-state index contributed by atoms with van der Waals surface area (Å²) in [4.78, 5) is 10.6. The van der Waals surface area contributed by atoms with Crippen molar-refractivity contribution in [2.45, 2.75) is 18.9 Å². The lowest BCUT2D eigenvalue weighted by Gasteiger charge is -2.21. The van der Waals surface area contributed by atoms with Crippen molar-refractivity contribution < 1.29 is 23.4 Å². The molecule has 0 aromatic heterocycles. The van der Waals surface area contributed by atoms with Gasteiger partial charge in [0.15, 0.2) is 0 Å². The van der Waals surface area contributed by atoms with Crippen molar-refractivity contribution in [3.8, 4) is 5.75 Å². The van der Waals surface area contributed by atoms with Crippen LogP contribution in [0.3, 0.4) is 0 Å². The first-order chi connectivity index (χ1) is 7.86. The minimum Gasteiger partial charge on any atom is -0.427 e. The normalized spacial score (nSPS) is 13.2. The number of aliphatic hydroxyl groups excluding tert-OH is 1. The van der Waals surface area contributed by atoms with Gasteiger partial charge in [-0.1, -0.05) is 12.1 Å². The summed E-state index contributed by atoms with van der Waals surface area (Å²) in [7, 11) is 0. The van der Waals surface area contributed by atoms with Crippen LogP contribution in [0.4, 0.5) is 8.78 Å². The zero-order chi connectivity index (χ0) is 13.1. The van der Waals surface area contributed by atoms with Crippen LogP contribution in [-0.4, -0.2) is 23.6 Å². The van der Waals surface area contributed by atoms with Gasteiger partial charge in [0.2, 0.25) is 0 Å². The highest BCUT2D eigenvalue weighted by Crippen LogP contribution is 2.29. The Morgan fingerprint density at radius 2 is 2.00 bits per heavy atom. The second-order valence-electron chi connectivity index (χ2n) is 3.56. The number of rotatable bonds is 4. The van der Waals surface area contributed by atoms with Gasteiger partial charge in [0.05, 0.1) is 6.04 Å². The van der Waals surface area contributed by atoms with Crippen molar-refractivity contribution in [2.24, 2.45) is 5.73 Å². The standard InChI is InChI=1S/C11H13F2NO3/c1-7(16)17-9-4-2-8(3-5-9)10(14)11(12,13)6-15/h2-5,10,15H,6,14H2,1H3/t10-/m0/s1. The number of aliphatic hydroxyl groups is 1. The van der Waals surface area contributed by atoms with E-state index >= 15 is 0 Å². The first-order valence-corrected chi connectivity index (χ1v) is 4.89. The average molecular weight is 245 g/mol. The van der Waals surface area contributed by atoms with Crippen molar-refractivity contribution in [3.63, 3.8) is 0 Å². The first kappa shape index (κ1) is 13.5. The van der Waals surface area contributed by atoms with E-state index in [1.807, 2.05) is 0 Å². The number of alkyl halides is 2. The molecule has 17 heavy (non-hydrogen) atoms. The van der Waals surface area contributed by atoms with E-state index < -0.39 is 24.5 Å². The predicted molar refractivity (Wildman–Crippen MR) is 56.7 cm³/mol. The second-order valence-corrected chi connectivity index (χ2v) is 3.56. The lowest BCUT2D eigenvalue weighted by Crippen LogP contribution is -2.36. The van der Waals surface area contributed by atoms with Crippen molar-refractivity contribution in [1.29, 1.82) is 0 Å². The van der Waals surface area contributed by atoms with Gasteiger partial charge in [-0.05, 0) is 17.7 Å². The Morgan fingerprint density at radius 1 is 1.47 bits per heavy atom. The number of carbonyl (C=O) groups is 1. The lowest BCUT2D eigenvalue weighted by molar-refractivity contribution is -0.131. The fraction of sp³-hybridized carbons (Fsp3) is 0.364. The molecule has 0 spiro atoms. The summed E-state index contributed by atoms with van der Waals surface area (Å²) in [6.07, 6.45) is 0. The Hall–Kier alpha value is -1.53. The van der Waals surface area contributed by atoms with E-state index in [0.717, 1.165) is 0 Å². The van der Waals surface area contributed by atoms with Crippen LogP contribution >= 0.6 is 0 Å². The molecule has 0 saturated carbocycles. The number of esters is 1. The van der Waals surface area contributed by atoms with E-state index in [2.05, 4.69) is 0 Å². The molecule has 1 atom stereocenters. The number of nitrogens with two attached hydrogens (primary N) is 1. The van der Waals surface area contributed by atoms with Crippen molar-refractivity contribution in [1.82, 2.24) is 0 Å². The van der Waals surface area contributed by atoms with Gasteiger partial charge in [0, 0.05) is 6.92 Å². The fourth-order valence-electron chi connectivity index (χ4n) is 1.25. The lowest BCUT2D eigenvalue weighted by atomic mass is 10.0. The maximum Gasteiger partial charge on any atom is 0.308 e. The molecule has 1 aromatic rings. The van der Waals surface area contributed by atoms with Crippen molar-refractivity contribution in [2.75, 3.05) is 6.61 Å². The van der Waals surface area contributed by atoms with Crippen LogP contribution in [0.15, 0.2) is 24.3 Å². The molecule has 0 fully saturated rings. The SMILES string of the molecule is CC(=O)Oc1ccc([C@H](N)C(F)(F)CO)cc1. The minimum atomic E-state index is -3.39. The third-order valence-corrected chi connectivity index (χ3v) is 2.17. The molecular formula is C11H13F2NO3. The zero-order valence-electron chi connectivity index (χ0n) is 9.19. The average Bonchev–Trinajstić information content (AvgIpc) is 2.28. The van der Waals surface area contributed by atoms with Crippen LogP contribution in [0.2, 0.25) is 0 Å². The molecule has 0 heterocycles. The summed E-state index contributed by atoms with van der Waals surface area (Å²) in [6.45, 7) is -0.0839. The molecule has 1 rings (SSSR count). The summed E-state index contributed by atoms with van der Waals surface area (Å²) >= 11 is 0. The summed E-state index contributed by atoms with van der Waals surface area (Å²) in [5.41, 5.74) is 5.47. The Balaban J connectivity index is 2.84. The number of ether oxygens (including phenoxy) is 1. The molecule has 94 valence electrons. The number of halogens is 2. The molecule has 0 bridgehead atoms. The molecule has 6 heteroatoms. The zero-order valence-corrected chi connectivity index (χ0v) is 9.19. The van der Waals surface area contributed by atoms with Crippen molar-refractivity contribution >= 4 is 5.97 Å². The fourth-order valence-corrected chi connectivity index (χ4v) is 1.25. The molecule has 0 saturated heterocycles. The summed E-state index contributed by atoms with van der Waals surface area (Å²) in [6, 6.07) is 3.78. The number of carbonyl (C=O) groups excluding carboxylic acids is 1. The van der Waals surface area contributed by atoms with Gasteiger partial charge in [-0.3, -0.25) is 4.79 Å². The van der Waals surface area contributed by atoms with E-state index in [4.69, 9.17) is 15.6 Å². The molecule has 0 aliphatic heterocycles. The molecule has 3 N–H and O–H groups in total. The summed E-state index contributed by atoms with van der Waals surface area (Å²) < 4.78 is 30.9. The van der Waals surface area contributed by atoms with Gasteiger partial charge in [0.1, 0.15) is 12.4 Å². The number of hydrogen-bond donors (Lipinski definition) is 2. The van der Waals surface area contributed by atoms with Crippen molar-refractivity contribution in [3.05, 3.63) is 29.8 Å². The number of benzene rings is 1. The van der Waals surface area contributed by atoms with E-state index in [1.165, 1.54) is 31.2 Å². The number of hydrogen-bond acceptors (Lipinski definition) is 4. The largest absolute Gasteiger partial charge is 0.427 e. The molecule has 1 aromatic carbocycles. The smallest absolute Gasteiger partial charge is 0.308 e. The Labute approximate surface area is 97.0 Å². The van der Waals surface area contributed by atoms with Gasteiger partial charge < -0.3 is 15.6 Å². The Morgan fingerprint density at radius 3 is 2.41 bits per heavy atom. The predicted octanol–water partition coefficient (Wildman–Crippen LogP) is 1.24. The van der Waals surface area contributed by atoms with E-state index in [-0.39, 0.29) is 11.3 Å². The van der Waals surface area contributed by atoms with E-state index in [1.54, 1.807) is 0 Å². The molecule has 0 aliphatic rings. The second kappa shape index (κ2) is 5.20. The maximum atomic E-state index is 13.1. The van der Waals surface area contributed by atoms with Gasteiger partial charge >= 0.3 is 5.97 Å². The highest BCUT2D eigenvalue weighted by atomic mass is 19.3. The maximum absolute atomic E-state index is 13.1. The molecule has 0 unspecified atom stereocenters. The van der Waals surface area contributed by atoms with Gasteiger partial charge in [-0.25, -0.2) is 8.78 Å². The molecule has 0 radical (unpaired) electrons. The molecule has 0 amide bonds. The summed E-state index contributed by atoms with van der Waals surface area (Å²) in [5.74, 6) is -3.63. The van der Waals surface area contributed by atoms with Gasteiger partial charge in [0.25, 0.3) is 5.92 Å². The van der Waals surface area contributed by atoms with Crippen LogP contribution in [0, 0.1) is 0 Å². The summed E-state index contributed by atoms with van der Waals surface area (Å²) in [5, 5.41) is 8.50. The topological polar surface area (TPSA) is 72.5 Å². The van der Waals surface area contributed by atoms with Crippen LogP contribution in [0.1, 0.15) is 18.5 Å². The van der Waals surface area contributed by atoms with Gasteiger partial charge in [-0.2, -0.15) is 0 Å². The molecular weight excluding hydrogens is 232 g/mol. The third-order valence-electron chi connectivity index (χ3n) is 2.17. The monoisotopic (exact) mass is 245 g/mol. The van der Waals surface area contributed by atoms with Gasteiger partial charge in [-0.15, -0.1) is 0 Å². The van der Waals surface area contributed by atoms with Crippen LogP contribution in [0.25, 0.3) is 0 Å². The quantitative estimate of drug-likeness (QED) is 0.618. The molecule has 0 aliphatic carbocycles. The molecule has 4 nitrogen and oxygen atoms in total. The van der Waals surface area contributed by atoms with Crippen LogP contribution in [-0.2, 0) is 4.79 Å².